The molecule has 0 aromatic carbocycles. The number of carbonyl (C=O) groups is 3. The highest BCUT2D eigenvalue weighted by atomic mass is 16.4. The molecule has 7 nitrogen and oxygen atoms in total. The predicted molar refractivity (Wildman–Crippen MR) is 63.8 cm³/mol. The van der Waals surface area contributed by atoms with Crippen molar-refractivity contribution >= 4 is 17.9 Å². The lowest BCUT2D eigenvalue weighted by atomic mass is 10.0. The number of amides is 3. The maximum absolute atomic E-state index is 11.9. The Hall–Kier alpha value is -1.79. The maximum Gasteiger partial charge on any atom is 0.318 e. The van der Waals surface area contributed by atoms with Crippen molar-refractivity contribution < 1.29 is 19.5 Å². The van der Waals surface area contributed by atoms with Gasteiger partial charge < -0.3 is 21.1 Å². The fraction of sp³-hybridized carbons (Fsp3) is 0.727. The van der Waals surface area contributed by atoms with Crippen LogP contribution in [0.2, 0.25) is 0 Å². The van der Waals surface area contributed by atoms with Gasteiger partial charge in [0.05, 0.1) is 6.42 Å². The molecule has 0 spiro atoms. The van der Waals surface area contributed by atoms with Crippen molar-refractivity contribution in [1.82, 2.24) is 10.2 Å². The van der Waals surface area contributed by atoms with Crippen LogP contribution in [0.4, 0.5) is 4.79 Å². The second-order valence-electron chi connectivity index (χ2n) is 4.56. The highest BCUT2D eigenvalue weighted by Crippen LogP contribution is 2.16. The van der Waals surface area contributed by atoms with Crippen LogP contribution in [0.1, 0.15) is 32.6 Å². The van der Waals surface area contributed by atoms with E-state index in [2.05, 4.69) is 5.32 Å². The minimum absolute atomic E-state index is 0.152. The van der Waals surface area contributed by atoms with E-state index in [0.29, 0.717) is 13.0 Å². The van der Waals surface area contributed by atoms with Gasteiger partial charge in [0, 0.05) is 12.6 Å². The summed E-state index contributed by atoms with van der Waals surface area (Å²) in [6, 6.07) is -1.49. The molecule has 0 aromatic rings. The van der Waals surface area contributed by atoms with Crippen LogP contribution in [-0.2, 0) is 9.59 Å². The zero-order chi connectivity index (χ0) is 13.7. The number of urea groups is 1. The topological polar surface area (TPSA) is 113 Å². The zero-order valence-corrected chi connectivity index (χ0v) is 10.4. The number of aliphatic carboxylic acids is 1. The van der Waals surface area contributed by atoms with E-state index in [1.807, 2.05) is 0 Å². The lowest BCUT2D eigenvalue weighted by Crippen LogP contribution is -2.55. The molecule has 0 bridgehead atoms. The van der Waals surface area contributed by atoms with Crippen LogP contribution in [0.5, 0.6) is 0 Å². The first kappa shape index (κ1) is 14.3. The SMILES string of the molecule is CC(CC(=O)O)NC(=O)N1CCCCC1C(N)=O. The molecule has 102 valence electrons. The van der Waals surface area contributed by atoms with Gasteiger partial charge in [-0.3, -0.25) is 9.59 Å². The van der Waals surface area contributed by atoms with Gasteiger partial charge in [0.15, 0.2) is 0 Å². The normalized spacial score (nSPS) is 21.2. The average Bonchev–Trinajstić information content (AvgIpc) is 2.27. The Balaban J connectivity index is 2.58. The minimum Gasteiger partial charge on any atom is -0.481 e. The molecule has 7 heteroatoms. The summed E-state index contributed by atoms with van der Waals surface area (Å²) in [4.78, 5) is 35.1. The fourth-order valence-corrected chi connectivity index (χ4v) is 2.08. The van der Waals surface area contributed by atoms with Gasteiger partial charge in [0.1, 0.15) is 6.04 Å². The summed E-state index contributed by atoms with van der Waals surface area (Å²) >= 11 is 0. The lowest BCUT2D eigenvalue weighted by Gasteiger charge is -2.34. The van der Waals surface area contributed by atoms with Crippen molar-refractivity contribution in [3.63, 3.8) is 0 Å². The van der Waals surface area contributed by atoms with E-state index in [9.17, 15) is 14.4 Å². The van der Waals surface area contributed by atoms with Crippen LogP contribution in [0.25, 0.3) is 0 Å². The summed E-state index contributed by atoms with van der Waals surface area (Å²) in [7, 11) is 0. The third-order valence-corrected chi connectivity index (χ3v) is 2.94. The van der Waals surface area contributed by atoms with E-state index < -0.39 is 30.0 Å². The quantitative estimate of drug-likeness (QED) is 0.652. The van der Waals surface area contributed by atoms with Gasteiger partial charge in [-0.05, 0) is 26.2 Å². The van der Waals surface area contributed by atoms with Crippen molar-refractivity contribution in [2.75, 3.05) is 6.54 Å². The fourth-order valence-electron chi connectivity index (χ4n) is 2.08. The number of carboxylic acid groups (broad SMARTS) is 1. The van der Waals surface area contributed by atoms with Crippen molar-refractivity contribution in [2.45, 2.75) is 44.7 Å². The Bertz CT molecular complexity index is 345. The highest BCUT2D eigenvalue weighted by molar-refractivity contribution is 5.86. The summed E-state index contributed by atoms with van der Waals surface area (Å²) in [6.07, 6.45) is 2.10. The van der Waals surface area contributed by atoms with Crippen molar-refractivity contribution in [1.29, 1.82) is 0 Å². The summed E-state index contributed by atoms with van der Waals surface area (Å²) in [5, 5.41) is 11.2. The Kier molecular flexibility index (Phi) is 4.94. The first-order valence-electron chi connectivity index (χ1n) is 6.00. The molecule has 3 amide bonds. The molecular weight excluding hydrogens is 238 g/mol. The Morgan fingerprint density at radius 1 is 1.44 bits per heavy atom. The zero-order valence-electron chi connectivity index (χ0n) is 10.4. The van der Waals surface area contributed by atoms with Crippen LogP contribution >= 0.6 is 0 Å². The minimum atomic E-state index is -0.979. The van der Waals surface area contributed by atoms with Crippen molar-refractivity contribution in [3.8, 4) is 0 Å². The molecule has 1 aliphatic rings. The molecule has 1 heterocycles. The average molecular weight is 257 g/mol. The smallest absolute Gasteiger partial charge is 0.318 e. The Labute approximate surface area is 105 Å². The van der Waals surface area contributed by atoms with E-state index in [1.54, 1.807) is 6.92 Å². The number of nitrogens with two attached hydrogens (primary N) is 1. The number of hydrogen-bond donors (Lipinski definition) is 3. The van der Waals surface area contributed by atoms with E-state index in [1.165, 1.54) is 4.90 Å². The monoisotopic (exact) mass is 257 g/mol. The van der Waals surface area contributed by atoms with E-state index >= 15 is 0 Å². The van der Waals surface area contributed by atoms with E-state index in [4.69, 9.17) is 10.8 Å². The number of carboxylic acids is 1. The summed E-state index contributed by atoms with van der Waals surface area (Å²) in [5.74, 6) is -1.50. The largest absolute Gasteiger partial charge is 0.481 e. The highest BCUT2D eigenvalue weighted by Gasteiger charge is 2.31. The molecule has 2 unspecified atom stereocenters. The van der Waals surface area contributed by atoms with Crippen LogP contribution in [0.3, 0.4) is 0 Å². The van der Waals surface area contributed by atoms with Crippen molar-refractivity contribution in [3.05, 3.63) is 0 Å². The molecule has 0 aliphatic carbocycles. The second kappa shape index (κ2) is 6.23. The van der Waals surface area contributed by atoms with E-state index in [0.717, 1.165) is 12.8 Å². The molecule has 0 radical (unpaired) electrons. The molecule has 4 N–H and O–H groups in total. The van der Waals surface area contributed by atoms with Gasteiger partial charge in [0.2, 0.25) is 5.91 Å². The molecule has 0 saturated carbocycles. The number of likely N-dealkylation sites (tertiary alicyclic amines) is 1. The molecule has 1 saturated heterocycles. The number of rotatable bonds is 4. The van der Waals surface area contributed by atoms with Crippen molar-refractivity contribution in [2.24, 2.45) is 5.73 Å². The molecule has 2 atom stereocenters. The number of piperidine rings is 1. The summed E-state index contributed by atoms with van der Waals surface area (Å²) in [5.41, 5.74) is 5.25. The van der Waals surface area contributed by atoms with Gasteiger partial charge in [-0.15, -0.1) is 0 Å². The van der Waals surface area contributed by atoms with Gasteiger partial charge in [-0.1, -0.05) is 0 Å². The number of primary amides is 1. The summed E-state index contributed by atoms with van der Waals surface area (Å²) < 4.78 is 0. The first-order valence-corrected chi connectivity index (χ1v) is 6.00. The standard InChI is InChI=1S/C11H19N3O4/c1-7(6-9(15)16)13-11(18)14-5-3-2-4-8(14)10(12)17/h7-8H,2-6H2,1H3,(H2,12,17)(H,13,18)(H,15,16). The first-order chi connectivity index (χ1) is 8.41. The van der Waals surface area contributed by atoms with Crippen LogP contribution in [0, 0.1) is 0 Å². The van der Waals surface area contributed by atoms with E-state index in [-0.39, 0.29) is 6.42 Å². The molecule has 1 rings (SSSR count). The van der Waals surface area contributed by atoms with Crippen LogP contribution in [0.15, 0.2) is 0 Å². The number of hydrogen-bond acceptors (Lipinski definition) is 3. The third kappa shape index (κ3) is 3.90. The number of nitrogens with one attached hydrogen (secondary N) is 1. The Morgan fingerprint density at radius 2 is 2.11 bits per heavy atom. The van der Waals surface area contributed by atoms with Crippen LogP contribution in [-0.4, -0.2) is 46.5 Å². The number of nitrogens with zero attached hydrogens (tertiary/aromatic N) is 1. The summed E-state index contributed by atoms with van der Waals surface area (Å²) in [6.45, 7) is 2.08. The molecule has 1 aliphatic heterocycles. The van der Waals surface area contributed by atoms with Gasteiger partial charge in [-0.2, -0.15) is 0 Å². The number of carbonyl (C=O) groups excluding carboxylic acids is 2. The van der Waals surface area contributed by atoms with Gasteiger partial charge in [0.25, 0.3) is 0 Å². The molecule has 1 fully saturated rings. The van der Waals surface area contributed by atoms with Crippen LogP contribution < -0.4 is 11.1 Å². The third-order valence-electron chi connectivity index (χ3n) is 2.94. The van der Waals surface area contributed by atoms with Gasteiger partial charge >= 0.3 is 12.0 Å². The molecule has 0 aromatic heterocycles. The van der Waals surface area contributed by atoms with Gasteiger partial charge in [-0.25, -0.2) is 4.79 Å². The maximum atomic E-state index is 11.9. The second-order valence-corrected chi connectivity index (χ2v) is 4.56. The Morgan fingerprint density at radius 3 is 2.67 bits per heavy atom. The predicted octanol–water partition coefficient (Wildman–Crippen LogP) is -0.101. The molecule has 18 heavy (non-hydrogen) atoms. The lowest BCUT2D eigenvalue weighted by molar-refractivity contribution is -0.137. The molecular formula is C11H19N3O4.